The standard InChI is InChI=1S/C13H25N5OS/c1-6-14-11-16-12(15-10(5)8-20-7-2)18-13(17-11)19-9(3)4/h9-10H,6-8H2,1-5H3,(H2,14,15,16,17,18). The quantitative estimate of drug-likeness (QED) is 0.726. The van der Waals surface area contributed by atoms with Gasteiger partial charge in [-0.1, -0.05) is 6.92 Å². The fourth-order valence-corrected chi connectivity index (χ4v) is 2.15. The van der Waals surface area contributed by atoms with Crippen LogP contribution in [0, 0.1) is 0 Å². The molecule has 0 aliphatic rings. The Bertz CT molecular complexity index is 402. The lowest BCUT2D eigenvalue weighted by atomic mass is 10.4. The fourth-order valence-electron chi connectivity index (χ4n) is 1.48. The molecule has 1 rings (SSSR count). The molecule has 2 N–H and O–H groups in total. The topological polar surface area (TPSA) is 72.0 Å². The summed E-state index contributed by atoms with van der Waals surface area (Å²) in [4.78, 5) is 12.9. The van der Waals surface area contributed by atoms with E-state index in [1.807, 2.05) is 32.5 Å². The molecule has 0 saturated heterocycles. The molecule has 1 aromatic heterocycles. The van der Waals surface area contributed by atoms with Crippen molar-refractivity contribution in [2.45, 2.75) is 46.8 Å². The van der Waals surface area contributed by atoms with E-state index in [2.05, 4.69) is 39.4 Å². The maximum absolute atomic E-state index is 5.56. The van der Waals surface area contributed by atoms with Crippen LogP contribution in [-0.4, -0.2) is 45.1 Å². The van der Waals surface area contributed by atoms with Crippen molar-refractivity contribution in [3.05, 3.63) is 0 Å². The van der Waals surface area contributed by atoms with E-state index in [1.165, 1.54) is 0 Å². The van der Waals surface area contributed by atoms with Gasteiger partial charge in [0.25, 0.3) is 0 Å². The summed E-state index contributed by atoms with van der Waals surface area (Å²) in [5, 5.41) is 6.38. The third kappa shape index (κ3) is 6.27. The SMILES string of the molecule is CCNc1nc(NC(C)CSCC)nc(OC(C)C)n1. The highest BCUT2D eigenvalue weighted by molar-refractivity contribution is 7.99. The second kappa shape index (κ2) is 8.84. The van der Waals surface area contributed by atoms with E-state index in [0.29, 0.717) is 23.9 Å². The summed E-state index contributed by atoms with van der Waals surface area (Å²) in [6.07, 6.45) is 0.0350. The highest BCUT2D eigenvalue weighted by Crippen LogP contribution is 2.14. The van der Waals surface area contributed by atoms with Crippen molar-refractivity contribution in [3.63, 3.8) is 0 Å². The summed E-state index contributed by atoms with van der Waals surface area (Å²) in [6.45, 7) is 10.9. The van der Waals surface area contributed by atoms with Gasteiger partial charge in [-0.3, -0.25) is 0 Å². The van der Waals surface area contributed by atoms with Crippen molar-refractivity contribution in [2.24, 2.45) is 0 Å². The van der Waals surface area contributed by atoms with Gasteiger partial charge < -0.3 is 15.4 Å². The molecule has 0 bridgehead atoms. The summed E-state index contributed by atoms with van der Waals surface area (Å²) >= 11 is 1.88. The lowest BCUT2D eigenvalue weighted by molar-refractivity contribution is 0.222. The van der Waals surface area contributed by atoms with Crippen molar-refractivity contribution >= 4 is 23.7 Å². The Hall–Kier alpha value is -1.24. The number of thioether (sulfide) groups is 1. The van der Waals surface area contributed by atoms with Gasteiger partial charge in [0.05, 0.1) is 6.10 Å². The third-order valence-electron chi connectivity index (χ3n) is 2.24. The molecular weight excluding hydrogens is 274 g/mol. The smallest absolute Gasteiger partial charge is 0.323 e. The van der Waals surface area contributed by atoms with Gasteiger partial charge in [-0.25, -0.2) is 0 Å². The van der Waals surface area contributed by atoms with Crippen LogP contribution in [0.1, 0.15) is 34.6 Å². The molecule has 0 aromatic carbocycles. The number of rotatable bonds is 9. The maximum Gasteiger partial charge on any atom is 0.323 e. The Labute approximate surface area is 125 Å². The Kier molecular flexibility index (Phi) is 7.43. The molecule has 0 radical (unpaired) electrons. The van der Waals surface area contributed by atoms with E-state index in [0.717, 1.165) is 18.1 Å². The van der Waals surface area contributed by atoms with Gasteiger partial charge >= 0.3 is 6.01 Å². The molecule has 0 fully saturated rings. The van der Waals surface area contributed by atoms with Crippen LogP contribution in [0.3, 0.4) is 0 Å². The van der Waals surface area contributed by atoms with Gasteiger partial charge in [0.1, 0.15) is 0 Å². The zero-order chi connectivity index (χ0) is 15.0. The normalized spacial score (nSPS) is 12.3. The molecule has 1 unspecified atom stereocenters. The van der Waals surface area contributed by atoms with E-state index in [-0.39, 0.29) is 6.10 Å². The molecule has 6 nitrogen and oxygen atoms in total. The molecule has 0 amide bonds. The summed E-state index contributed by atoms with van der Waals surface area (Å²) in [7, 11) is 0. The second-order valence-electron chi connectivity index (χ2n) is 4.67. The molecular formula is C13H25N5OS. The minimum Gasteiger partial charge on any atom is -0.461 e. The molecule has 1 atom stereocenters. The first-order valence-electron chi connectivity index (χ1n) is 7.06. The molecule has 7 heteroatoms. The monoisotopic (exact) mass is 299 g/mol. The number of hydrogen-bond acceptors (Lipinski definition) is 7. The van der Waals surface area contributed by atoms with Gasteiger partial charge in [-0.2, -0.15) is 26.7 Å². The fraction of sp³-hybridized carbons (Fsp3) is 0.769. The van der Waals surface area contributed by atoms with Gasteiger partial charge in [-0.05, 0) is 33.4 Å². The molecule has 0 spiro atoms. The first-order valence-corrected chi connectivity index (χ1v) is 8.21. The van der Waals surface area contributed by atoms with Crippen molar-refractivity contribution < 1.29 is 4.74 Å². The minimum absolute atomic E-state index is 0.0350. The van der Waals surface area contributed by atoms with E-state index < -0.39 is 0 Å². The number of ether oxygens (including phenoxy) is 1. The van der Waals surface area contributed by atoms with Crippen LogP contribution >= 0.6 is 11.8 Å². The summed E-state index contributed by atoms with van der Waals surface area (Å²) in [5.74, 6) is 3.21. The van der Waals surface area contributed by atoms with E-state index in [1.54, 1.807) is 0 Å². The number of nitrogens with zero attached hydrogens (tertiary/aromatic N) is 3. The Morgan fingerprint density at radius 1 is 1.10 bits per heavy atom. The molecule has 1 aromatic rings. The average molecular weight is 299 g/mol. The molecule has 0 aliphatic heterocycles. The summed E-state index contributed by atoms with van der Waals surface area (Å²) in [5.41, 5.74) is 0. The predicted molar refractivity (Wildman–Crippen MR) is 85.8 cm³/mol. The molecule has 1 heterocycles. The predicted octanol–water partition coefficient (Wildman–Crippen LogP) is 2.64. The van der Waals surface area contributed by atoms with E-state index >= 15 is 0 Å². The minimum atomic E-state index is 0.0350. The highest BCUT2D eigenvalue weighted by atomic mass is 32.2. The van der Waals surface area contributed by atoms with E-state index in [9.17, 15) is 0 Å². The molecule has 0 saturated carbocycles. The van der Waals surface area contributed by atoms with Crippen molar-refractivity contribution in [2.75, 3.05) is 28.7 Å². The largest absolute Gasteiger partial charge is 0.461 e. The molecule has 20 heavy (non-hydrogen) atoms. The number of hydrogen-bond donors (Lipinski definition) is 2. The second-order valence-corrected chi connectivity index (χ2v) is 5.99. The first kappa shape index (κ1) is 16.8. The van der Waals surface area contributed by atoms with Crippen LogP contribution in [0.2, 0.25) is 0 Å². The van der Waals surface area contributed by atoms with Crippen LogP contribution in [0.5, 0.6) is 6.01 Å². The van der Waals surface area contributed by atoms with Crippen molar-refractivity contribution in [3.8, 4) is 6.01 Å². The zero-order valence-electron chi connectivity index (χ0n) is 12.9. The van der Waals surface area contributed by atoms with E-state index in [4.69, 9.17) is 4.74 Å². The van der Waals surface area contributed by atoms with Crippen LogP contribution in [-0.2, 0) is 0 Å². The Morgan fingerprint density at radius 2 is 1.80 bits per heavy atom. The van der Waals surface area contributed by atoms with Crippen molar-refractivity contribution in [1.29, 1.82) is 0 Å². The summed E-state index contributed by atoms with van der Waals surface area (Å²) < 4.78 is 5.56. The number of anilines is 2. The van der Waals surface area contributed by atoms with Crippen LogP contribution in [0.4, 0.5) is 11.9 Å². The van der Waals surface area contributed by atoms with Gasteiger partial charge in [0, 0.05) is 18.3 Å². The van der Waals surface area contributed by atoms with Crippen LogP contribution < -0.4 is 15.4 Å². The Morgan fingerprint density at radius 3 is 2.40 bits per heavy atom. The zero-order valence-corrected chi connectivity index (χ0v) is 13.8. The lowest BCUT2D eigenvalue weighted by Gasteiger charge is -2.15. The van der Waals surface area contributed by atoms with Crippen molar-refractivity contribution in [1.82, 2.24) is 15.0 Å². The first-order chi connectivity index (χ1) is 9.55. The van der Waals surface area contributed by atoms with Crippen LogP contribution in [0.15, 0.2) is 0 Å². The van der Waals surface area contributed by atoms with Gasteiger partial charge in [0.2, 0.25) is 11.9 Å². The van der Waals surface area contributed by atoms with Gasteiger partial charge in [-0.15, -0.1) is 0 Å². The summed E-state index contributed by atoms with van der Waals surface area (Å²) in [6, 6.07) is 0.646. The number of aromatic nitrogens is 3. The third-order valence-corrected chi connectivity index (χ3v) is 3.38. The lowest BCUT2D eigenvalue weighted by Crippen LogP contribution is -2.21. The molecule has 0 aliphatic carbocycles. The average Bonchev–Trinajstić information content (AvgIpc) is 2.35. The Balaban J connectivity index is 2.79. The van der Waals surface area contributed by atoms with Gasteiger partial charge in [0.15, 0.2) is 0 Å². The van der Waals surface area contributed by atoms with Crippen LogP contribution in [0.25, 0.3) is 0 Å². The highest BCUT2D eigenvalue weighted by Gasteiger charge is 2.10. The number of nitrogens with one attached hydrogen (secondary N) is 2. The molecule has 114 valence electrons. The maximum atomic E-state index is 5.56.